The predicted octanol–water partition coefficient (Wildman–Crippen LogP) is 2.45. The first-order chi connectivity index (χ1) is 7.79. The Morgan fingerprint density at radius 1 is 1.44 bits per heavy atom. The van der Waals surface area contributed by atoms with Crippen LogP contribution in [-0.2, 0) is 16.0 Å². The van der Waals surface area contributed by atoms with Gasteiger partial charge in [0.1, 0.15) is 0 Å². The fraction of sp³-hybridized carbons (Fsp3) is 0.583. The summed E-state index contributed by atoms with van der Waals surface area (Å²) in [6.07, 6.45) is 2.97. The summed E-state index contributed by atoms with van der Waals surface area (Å²) in [5.41, 5.74) is 0. The smallest absolute Gasteiger partial charge is 0.311 e. The number of hydrogen-bond acceptors (Lipinski definition) is 4. The average molecular weight is 239 g/mol. The van der Waals surface area contributed by atoms with E-state index in [1.165, 1.54) is 17.8 Å². The van der Waals surface area contributed by atoms with E-state index in [1.54, 1.807) is 11.3 Å². The Kier molecular flexibility index (Phi) is 3.83. The summed E-state index contributed by atoms with van der Waals surface area (Å²) >= 11 is 1.71. The number of anilines is 1. The van der Waals surface area contributed by atoms with E-state index < -0.39 is 0 Å². The van der Waals surface area contributed by atoms with E-state index >= 15 is 0 Å². The van der Waals surface area contributed by atoms with E-state index in [9.17, 15) is 4.79 Å². The van der Waals surface area contributed by atoms with Gasteiger partial charge >= 0.3 is 5.97 Å². The Labute approximate surface area is 100 Å². The number of ether oxygens (including phenoxy) is 1. The molecule has 1 aliphatic rings. The fourth-order valence-electron chi connectivity index (χ4n) is 1.92. The minimum Gasteiger partial charge on any atom is -0.466 e. The summed E-state index contributed by atoms with van der Waals surface area (Å²) < 4.78 is 4.93. The molecule has 0 unspecified atom stereocenters. The van der Waals surface area contributed by atoms with Gasteiger partial charge in [-0.3, -0.25) is 4.79 Å². The molecule has 0 amide bonds. The van der Waals surface area contributed by atoms with E-state index in [4.69, 9.17) is 4.74 Å². The van der Waals surface area contributed by atoms with E-state index in [0.717, 1.165) is 18.0 Å². The van der Waals surface area contributed by atoms with Gasteiger partial charge in [-0.15, -0.1) is 11.3 Å². The topological polar surface area (TPSA) is 29.5 Å². The first-order valence-electron chi connectivity index (χ1n) is 5.79. The Hall–Kier alpha value is -1.03. The van der Waals surface area contributed by atoms with Crippen LogP contribution in [0.25, 0.3) is 0 Å². The van der Waals surface area contributed by atoms with Crippen LogP contribution in [0, 0.1) is 0 Å². The molecule has 0 saturated carbocycles. The van der Waals surface area contributed by atoms with Crippen molar-refractivity contribution in [3.05, 3.63) is 17.0 Å². The highest BCUT2D eigenvalue weighted by Gasteiger charge is 2.15. The maximum absolute atomic E-state index is 11.3. The summed E-state index contributed by atoms with van der Waals surface area (Å²) in [6.45, 7) is 4.60. The molecule has 0 aliphatic carbocycles. The number of hydrogen-bond donors (Lipinski definition) is 0. The first kappa shape index (κ1) is 11.5. The summed E-state index contributed by atoms with van der Waals surface area (Å²) in [7, 11) is 0. The Morgan fingerprint density at radius 3 is 2.88 bits per heavy atom. The van der Waals surface area contributed by atoms with Crippen LogP contribution in [0.3, 0.4) is 0 Å². The van der Waals surface area contributed by atoms with Gasteiger partial charge in [-0.2, -0.15) is 0 Å². The maximum atomic E-state index is 11.3. The van der Waals surface area contributed by atoms with Crippen molar-refractivity contribution in [3.63, 3.8) is 0 Å². The number of thiophene rings is 1. The SMILES string of the molecule is CCOC(=O)Cc1ccc(N2CCCC2)s1. The third kappa shape index (κ3) is 2.76. The van der Waals surface area contributed by atoms with Gasteiger partial charge in [-0.05, 0) is 31.9 Å². The van der Waals surface area contributed by atoms with Crippen molar-refractivity contribution in [2.75, 3.05) is 24.6 Å². The lowest BCUT2D eigenvalue weighted by molar-refractivity contribution is -0.142. The van der Waals surface area contributed by atoms with Gasteiger partial charge in [-0.25, -0.2) is 0 Å². The van der Waals surface area contributed by atoms with Crippen LogP contribution in [-0.4, -0.2) is 25.7 Å². The number of esters is 1. The highest BCUT2D eigenvalue weighted by molar-refractivity contribution is 7.16. The van der Waals surface area contributed by atoms with Crippen molar-refractivity contribution in [1.29, 1.82) is 0 Å². The van der Waals surface area contributed by atoms with Crippen molar-refractivity contribution >= 4 is 22.3 Å². The van der Waals surface area contributed by atoms with Crippen molar-refractivity contribution < 1.29 is 9.53 Å². The number of carbonyl (C=O) groups excluding carboxylic acids is 1. The molecule has 2 rings (SSSR count). The Morgan fingerprint density at radius 2 is 2.19 bits per heavy atom. The van der Waals surface area contributed by atoms with Crippen LogP contribution >= 0.6 is 11.3 Å². The lowest BCUT2D eigenvalue weighted by Crippen LogP contribution is -2.15. The molecular formula is C12H17NO2S. The van der Waals surface area contributed by atoms with Crippen molar-refractivity contribution in [2.45, 2.75) is 26.2 Å². The molecule has 1 aromatic rings. The van der Waals surface area contributed by atoms with Gasteiger partial charge in [0, 0.05) is 18.0 Å². The second-order valence-electron chi connectivity index (χ2n) is 3.92. The second kappa shape index (κ2) is 5.34. The molecule has 1 aromatic heterocycles. The minimum atomic E-state index is -0.127. The summed E-state index contributed by atoms with van der Waals surface area (Å²) in [5.74, 6) is -0.127. The van der Waals surface area contributed by atoms with Gasteiger partial charge < -0.3 is 9.64 Å². The number of carbonyl (C=O) groups is 1. The van der Waals surface area contributed by atoms with E-state index in [1.807, 2.05) is 13.0 Å². The standard InChI is InChI=1S/C12H17NO2S/c1-2-15-12(14)9-10-5-6-11(16-10)13-7-3-4-8-13/h5-6H,2-4,7-9H2,1H3. The van der Waals surface area contributed by atoms with Crippen LogP contribution in [0.2, 0.25) is 0 Å². The van der Waals surface area contributed by atoms with Gasteiger partial charge in [0.15, 0.2) is 0 Å². The molecule has 0 aromatic carbocycles. The molecule has 0 N–H and O–H groups in total. The lowest BCUT2D eigenvalue weighted by atomic mass is 10.3. The molecule has 4 heteroatoms. The quantitative estimate of drug-likeness (QED) is 0.756. The molecule has 0 atom stereocenters. The van der Waals surface area contributed by atoms with Gasteiger partial charge in [0.2, 0.25) is 0 Å². The number of nitrogens with zero attached hydrogens (tertiary/aromatic N) is 1. The van der Waals surface area contributed by atoms with Crippen molar-refractivity contribution in [1.82, 2.24) is 0 Å². The summed E-state index contributed by atoms with van der Waals surface area (Å²) in [5, 5.41) is 1.29. The molecular weight excluding hydrogens is 222 g/mol. The van der Waals surface area contributed by atoms with Crippen LogP contribution < -0.4 is 4.90 Å². The first-order valence-corrected chi connectivity index (χ1v) is 6.60. The average Bonchev–Trinajstić information content (AvgIpc) is 2.86. The summed E-state index contributed by atoms with van der Waals surface area (Å²) in [4.78, 5) is 14.8. The van der Waals surface area contributed by atoms with Crippen LogP contribution in [0.1, 0.15) is 24.6 Å². The molecule has 1 fully saturated rings. The molecule has 3 nitrogen and oxygen atoms in total. The lowest BCUT2D eigenvalue weighted by Gasteiger charge is -2.13. The molecule has 16 heavy (non-hydrogen) atoms. The molecule has 88 valence electrons. The zero-order valence-electron chi connectivity index (χ0n) is 9.57. The van der Waals surface area contributed by atoms with Gasteiger partial charge in [0.05, 0.1) is 18.0 Å². The second-order valence-corrected chi connectivity index (χ2v) is 5.06. The summed E-state index contributed by atoms with van der Waals surface area (Å²) in [6, 6.07) is 4.15. The molecule has 2 heterocycles. The van der Waals surface area contributed by atoms with Crippen molar-refractivity contribution in [3.8, 4) is 0 Å². The van der Waals surface area contributed by atoms with Crippen LogP contribution in [0.15, 0.2) is 12.1 Å². The fourth-order valence-corrected chi connectivity index (χ4v) is 2.97. The maximum Gasteiger partial charge on any atom is 0.311 e. The van der Waals surface area contributed by atoms with Crippen LogP contribution in [0.5, 0.6) is 0 Å². The zero-order valence-corrected chi connectivity index (χ0v) is 10.4. The molecule has 1 aliphatic heterocycles. The largest absolute Gasteiger partial charge is 0.466 e. The molecule has 0 radical (unpaired) electrons. The van der Waals surface area contributed by atoms with E-state index in [2.05, 4.69) is 11.0 Å². The highest BCUT2D eigenvalue weighted by atomic mass is 32.1. The number of rotatable bonds is 4. The normalized spacial score (nSPS) is 15.4. The Bertz CT molecular complexity index is 356. The van der Waals surface area contributed by atoms with Gasteiger partial charge in [0.25, 0.3) is 0 Å². The highest BCUT2D eigenvalue weighted by Crippen LogP contribution is 2.29. The van der Waals surface area contributed by atoms with E-state index in [0.29, 0.717) is 13.0 Å². The Balaban J connectivity index is 1.93. The molecule has 0 spiro atoms. The molecule has 0 bridgehead atoms. The van der Waals surface area contributed by atoms with Gasteiger partial charge in [-0.1, -0.05) is 0 Å². The predicted molar refractivity (Wildman–Crippen MR) is 66.1 cm³/mol. The minimum absolute atomic E-state index is 0.127. The van der Waals surface area contributed by atoms with Crippen molar-refractivity contribution in [2.24, 2.45) is 0 Å². The van der Waals surface area contributed by atoms with E-state index in [-0.39, 0.29) is 5.97 Å². The third-order valence-electron chi connectivity index (χ3n) is 2.69. The molecule has 1 saturated heterocycles. The zero-order chi connectivity index (χ0) is 11.4. The van der Waals surface area contributed by atoms with Crippen LogP contribution in [0.4, 0.5) is 5.00 Å². The monoisotopic (exact) mass is 239 g/mol. The third-order valence-corrected chi connectivity index (χ3v) is 3.84.